The molecule has 4 heteroatoms. The van der Waals surface area contributed by atoms with Gasteiger partial charge in [0.1, 0.15) is 11.2 Å². The van der Waals surface area contributed by atoms with Crippen molar-refractivity contribution in [1.82, 2.24) is 0 Å². The minimum atomic E-state index is -0.522. The zero-order valence-corrected chi connectivity index (χ0v) is 11.0. The molecule has 1 aromatic heterocycles. The number of benzene rings is 1. The number of anilines is 1. The molecule has 0 fully saturated rings. The third-order valence-corrected chi connectivity index (χ3v) is 2.41. The number of nitrogens with one attached hydrogen (secondary N) is 1. The number of rotatable bonds is 2. The quantitative estimate of drug-likeness (QED) is 0.826. The van der Waals surface area contributed by atoms with Crippen LogP contribution in [0.3, 0.4) is 0 Å². The lowest BCUT2D eigenvalue weighted by molar-refractivity contribution is 0.00382. The molecule has 0 unspecified atom stereocenters. The Kier molecular flexibility index (Phi) is 3.03. The number of hydrogen-bond acceptors (Lipinski definition) is 4. The van der Waals surface area contributed by atoms with Gasteiger partial charge in [-0.05, 0) is 45.0 Å². The van der Waals surface area contributed by atoms with Crippen molar-refractivity contribution < 1.29 is 13.9 Å². The molecule has 18 heavy (non-hydrogen) atoms. The number of hydrogen-bond donors (Lipinski definition) is 1. The zero-order valence-electron chi connectivity index (χ0n) is 11.0. The van der Waals surface area contributed by atoms with Crippen LogP contribution in [0.15, 0.2) is 28.7 Å². The first-order valence-electron chi connectivity index (χ1n) is 5.84. The van der Waals surface area contributed by atoms with Crippen LogP contribution in [0.1, 0.15) is 31.3 Å². The SMILES string of the molecule is CNc1ccc2oc(C(=O)OC(C)(C)C)cc2c1. The van der Waals surface area contributed by atoms with Crippen molar-refractivity contribution in [3.63, 3.8) is 0 Å². The van der Waals surface area contributed by atoms with Gasteiger partial charge < -0.3 is 14.5 Å². The van der Waals surface area contributed by atoms with Crippen LogP contribution in [0.25, 0.3) is 11.0 Å². The molecule has 1 aromatic carbocycles. The van der Waals surface area contributed by atoms with Crippen LogP contribution >= 0.6 is 0 Å². The third-order valence-electron chi connectivity index (χ3n) is 2.41. The molecule has 96 valence electrons. The molecule has 2 rings (SSSR count). The largest absolute Gasteiger partial charge is 0.454 e. The van der Waals surface area contributed by atoms with E-state index in [0.717, 1.165) is 11.1 Å². The summed E-state index contributed by atoms with van der Waals surface area (Å²) in [5.74, 6) is -0.210. The Balaban J connectivity index is 2.32. The number of esters is 1. The Morgan fingerprint density at radius 1 is 1.28 bits per heavy atom. The van der Waals surface area contributed by atoms with Crippen LogP contribution in [0.4, 0.5) is 5.69 Å². The van der Waals surface area contributed by atoms with Gasteiger partial charge >= 0.3 is 5.97 Å². The van der Waals surface area contributed by atoms with E-state index in [0.29, 0.717) is 5.58 Å². The monoisotopic (exact) mass is 247 g/mol. The Labute approximate surface area is 106 Å². The molecule has 0 aliphatic heterocycles. The molecule has 0 saturated carbocycles. The van der Waals surface area contributed by atoms with Crippen LogP contribution in [0.5, 0.6) is 0 Å². The van der Waals surface area contributed by atoms with Gasteiger partial charge in [-0.25, -0.2) is 4.79 Å². The summed E-state index contributed by atoms with van der Waals surface area (Å²) in [7, 11) is 1.84. The van der Waals surface area contributed by atoms with Gasteiger partial charge in [-0.15, -0.1) is 0 Å². The van der Waals surface area contributed by atoms with E-state index in [2.05, 4.69) is 5.32 Å². The second-order valence-electron chi connectivity index (χ2n) is 5.12. The molecular formula is C14H17NO3. The lowest BCUT2D eigenvalue weighted by Crippen LogP contribution is -2.23. The normalized spacial score (nSPS) is 11.6. The molecule has 2 aromatic rings. The highest BCUT2D eigenvalue weighted by Crippen LogP contribution is 2.24. The summed E-state index contributed by atoms with van der Waals surface area (Å²) >= 11 is 0. The molecule has 0 radical (unpaired) electrons. The highest BCUT2D eigenvalue weighted by molar-refractivity contribution is 5.93. The molecule has 0 atom stereocenters. The van der Waals surface area contributed by atoms with E-state index in [1.54, 1.807) is 6.07 Å². The van der Waals surface area contributed by atoms with Crippen LogP contribution in [0, 0.1) is 0 Å². The molecule has 1 heterocycles. The van der Waals surface area contributed by atoms with E-state index >= 15 is 0 Å². The van der Waals surface area contributed by atoms with E-state index in [1.807, 2.05) is 46.0 Å². The van der Waals surface area contributed by atoms with E-state index in [9.17, 15) is 4.79 Å². The van der Waals surface area contributed by atoms with Gasteiger partial charge in [0, 0.05) is 18.1 Å². The van der Waals surface area contributed by atoms with Crippen LogP contribution in [0.2, 0.25) is 0 Å². The smallest absolute Gasteiger partial charge is 0.374 e. The molecule has 0 spiro atoms. The number of carbonyl (C=O) groups is 1. The van der Waals surface area contributed by atoms with E-state index in [1.165, 1.54) is 0 Å². The number of fused-ring (bicyclic) bond motifs is 1. The number of furan rings is 1. The summed E-state index contributed by atoms with van der Waals surface area (Å²) in [5, 5.41) is 3.92. The predicted molar refractivity (Wildman–Crippen MR) is 70.9 cm³/mol. The van der Waals surface area contributed by atoms with Crippen molar-refractivity contribution in [2.24, 2.45) is 0 Å². The van der Waals surface area contributed by atoms with Crippen molar-refractivity contribution in [2.45, 2.75) is 26.4 Å². The third kappa shape index (κ3) is 2.64. The van der Waals surface area contributed by atoms with Crippen molar-refractivity contribution >= 4 is 22.6 Å². The maximum absolute atomic E-state index is 11.9. The predicted octanol–water partition coefficient (Wildman–Crippen LogP) is 3.43. The van der Waals surface area contributed by atoms with Crippen molar-refractivity contribution in [1.29, 1.82) is 0 Å². The van der Waals surface area contributed by atoms with Gasteiger partial charge in [0.25, 0.3) is 0 Å². The fourth-order valence-electron chi connectivity index (χ4n) is 1.63. The lowest BCUT2D eigenvalue weighted by Gasteiger charge is -2.18. The van der Waals surface area contributed by atoms with E-state index in [-0.39, 0.29) is 5.76 Å². The topological polar surface area (TPSA) is 51.5 Å². The summed E-state index contributed by atoms with van der Waals surface area (Å²) in [6.45, 7) is 5.48. The Hall–Kier alpha value is -1.97. The molecule has 0 bridgehead atoms. The second-order valence-corrected chi connectivity index (χ2v) is 5.12. The van der Waals surface area contributed by atoms with Gasteiger partial charge in [-0.2, -0.15) is 0 Å². The van der Waals surface area contributed by atoms with Crippen molar-refractivity contribution in [3.05, 3.63) is 30.0 Å². The standard InChI is InChI=1S/C14H17NO3/c1-14(2,3)18-13(16)12-8-9-7-10(15-4)5-6-11(9)17-12/h5-8,15H,1-4H3. The highest BCUT2D eigenvalue weighted by atomic mass is 16.6. The Morgan fingerprint density at radius 2 is 2.00 bits per heavy atom. The van der Waals surface area contributed by atoms with Crippen LogP contribution in [-0.2, 0) is 4.74 Å². The molecule has 0 aliphatic carbocycles. The zero-order chi connectivity index (χ0) is 13.3. The fraction of sp³-hybridized carbons (Fsp3) is 0.357. The van der Waals surface area contributed by atoms with Crippen molar-refractivity contribution in [3.8, 4) is 0 Å². The first-order valence-corrected chi connectivity index (χ1v) is 5.84. The van der Waals surface area contributed by atoms with Crippen LogP contribution in [-0.4, -0.2) is 18.6 Å². The Morgan fingerprint density at radius 3 is 2.61 bits per heavy atom. The van der Waals surface area contributed by atoms with Gasteiger partial charge in [0.2, 0.25) is 5.76 Å². The number of ether oxygens (including phenoxy) is 1. The van der Waals surface area contributed by atoms with Gasteiger partial charge in [0.05, 0.1) is 0 Å². The molecular weight excluding hydrogens is 230 g/mol. The van der Waals surface area contributed by atoms with Crippen LogP contribution < -0.4 is 5.32 Å². The second kappa shape index (κ2) is 4.37. The summed E-state index contributed by atoms with van der Waals surface area (Å²) in [5.41, 5.74) is 1.13. The van der Waals surface area contributed by atoms with Gasteiger partial charge in [-0.1, -0.05) is 0 Å². The summed E-state index contributed by atoms with van der Waals surface area (Å²) in [6.07, 6.45) is 0. The van der Waals surface area contributed by atoms with Gasteiger partial charge in [-0.3, -0.25) is 0 Å². The lowest BCUT2D eigenvalue weighted by atomic mass is 10.2. The minimum absolute atomic E-state index is 0.230. The average molecular weight is 247 g/mol. The Bertz CT molecular complexity index is 578. The molecule has 4 nitrogen and oxygen atoms in total. The first kappa shape index (κ1) is 12.5. The van der Waals surface area contributed by atoms with E-state index < -0.39 is 11.6 Å². The summed E-state index contributed by atoms with van der Waals surface area (Å²) in [4.78, 5) is 11.9. The highest BCUT2D eigenvalue weighted by Gasteiger charge is 2.21. The molecule has 0 amide bonds. The summed E-state index contributed by atoms with van der Waals surface area (Å²) in [6, 6.07) is 7.34. The summed E-state index contributed by atoms with van der Waals surface area (Å²) < 4.78 is 10.7. The average Bonchev–Trinajstić information content (AvgIpc) is 2.69. The number of carbonyl (C=O) groups excluding carboxylic acids is 1. The molecule has 1 N–H and O–H groups in total. The van der Waals surface area contributed by atoms with Gasteiger partial charge in [0.15, 0.2) is 0 Å². The first-order chi connectivity index (χ1) is 8.39. The molecule has 0 aliphatic rings. The van der Waals surface area contributed by atoms with Crippen molar-refractivity contribution in [2.75, 3.05) is 12.4 Å². The maximum atomic E-state index is 11.9. The maximum Gasteiger partial charge on any atom is 0.374 e. The molecule has 0 saturated heterocycles. The fourth-order valence-corrected chi connectivity index (χ4v) is 1.63. The van der Waals surface area contributed by atoms with E-state index in [4.69, 9.17) is 9.15 Å². The minimum Gasteiger partial charge on any atom is -0.454 e.